The number of nitrogens with one attached hydrogen (secondary N) is 1. The van der Waals surface area contributed by atoms with Crippen LogP contribution in [0.3, 0.4) is 0 Å². The summed E-state index contributed by atoms with van der Waals surface area (Å²) in [6.45, 7) is 9.40. The third-order valence-electron chi connectivity index (χ3n) is 3.92. The van der Waals surface area contributed by atoms with Crippen molar-refractivity contribution in [2.75, 3.05) is 24.6 Å². The van der Waals surface area contributed by atoms with E-state index in [1.807, 2.05) is 39.8 Å². The van der Waals surface area contributed by atoms with Gasteiger partial charge in [0.2, 0.25) is 0 Å². The van der Waals surface area contributed by atoms with E-state index in [1.54, 1.807) is 6.07 Å². The van der Waals surface area contributed by atoms with Crippen LogP contribution < -0.4 is 15.0 Å². The first-order valence-electron chi connectivity index (χ1n) is 8.79. The maximum absolute atomic E-state index is 12.0. The Morgan fingerprint density at radius 1 is 1.40 bits per heavy atom. The van der Waals surface area contributed by atoms with Gasteiger partial charge in [-0.3, -0.25) is 4.79 Å². The monoisotopic (exact) mass is 348 g/mol. The number of hydrogen-bond acceptors (Lipinski definition) is 5. The minimum absolute atomic E-state index is 0.0298. The Balaban J connectivity index is 2.13. The molecule has 25 heavy (non-hydrogen) atoms. The number of aldehydes is 1. The molecule has 0 bridgehead atoms. The Morgan fingerprint density at radius 3 is 2.80 bits per heavy atom. The van der Waals surface area contributed by atoms with Crippen molar-refractivity contribution in [3.63, 3.8) is 0 Å². The van der Waals surface area contributed by atoms with Crippen LogP contribution in [-0.4, -0.2) is 43.7 Å². The first-order chi connectivity index (χ1) is 11.8. The van der Waals surface area contributed by atoms with Crippen molar-refractivity contribution in [2.24, 2.45) is 0 Å². The highest BCUT2D eigenvalue weighted by atomic mass is 16.6. The van der Waals surface area contributed by atoms with Gasteiger partial charge in [-0.15, -0.1) is 0 Å². The second kappa shape index (κ2) is 8.23. The molecule has 1 aromatic carbocycles. The van der Waals surface area contributed by atoms with Crippen LogP contribution in [0.5, 0.6) is 5.75 Å². The summed E-state index contributed by atoms with van der Waals surface area (Å²) in [5.41, 5.74) is 0.879. The average molecular weight is 348 g/mol. The van der Waals surface area contributed by atoms with Crippen LogP contribution in [0.1, 0.15) is 50.9 Å². The number of anilines is 1. The predicted molar refractivity (Wildman–Crippen MR) is 97.6 cm³/mol. The van der Waals surface area contributed by atoms with E-state index in [-0.39, 0.29) is 6.04 Å². The number of piperidine rings is 1. The molecule has 6 nitrogen and oxygen atoms in total. The fourth-order valence-corrected chi connectivity index (χ4v) is 3.02. The Kier molecular flexibility index (Phi) is 6.28. The molecule has 0 aliphatic carbocycles. The number of hydrogen-bond donors (Lipinski definition) is 1. The van der Waals surface area contributed by atoms with Crippen molar-refractivity contribution < 1.29 is 19.1 Å². The summed E-state index contributed by atoms with van der Waals surface area (Å²) < 4.78 is 11.0. The molecule has 0 spiro atoms. The van der Waals surface area contributed by atoms with Crippen molar-refractivity contribution >= 4 is 18.1 Å². The van der Waals surface area contributed by atoms with Gasteiger partial charge in [0, 0.05) is 24.7 Å². The molecule has 2 rings (SSSR count). The van der Waals surface area contributed by atoms with E-state index in [0.717, 1.165) is 31.4 Å². The SMILES string of the molecule is CCOc1cccc(C=O)c1N1CCCC(NC(=O)OC(C)(C)C)C1. The van der Waals surface area contributed by atoms with Crippen molar-refractivity contribution in [3.8, 4) is 5.75 Å². The van der Waals surface area contributed by atoms with Gasteiger partial charge in [-0.2, -0.15) is 0 Å². The molecule has 1 N–H and O–H groups in total. The van der Waals surface area contributed by atoms with Gasteiger partial charge >= 0.3 is 6.09 Å². The minimum atomic E-state index is -0.523. The largest absolute Gasteiger partial charge is 0.492 e. The summed E-state index contributed by atoms with van der Waals surface area (Å²) >= 11 is 0. The molecule has 138 valence electrons. The lowest BCUT2D eigenvalue weighted by molar-refractivity contribution is 0.0499. The van der Waals surface area contributed by atoms with E-state index in [4.69, 9.17) is 9.47 Å². The van der Waals surface area contributed by atoms with E-state index in [0.29, 0.717) is 24.5 Å². The number of benzene rings is 1. The van der Waals surface area contributed by atoms with E-state index in [1.165, 1.54) is 0 Å². The van der Waals surface area contributed by atoms with Crippen LogP contribution in [0.2, 0.25) is 0 Å². The molecular formula is C19H28N2O4. The zero-order valence-corrected chi connectivity index (χ0v) is 15.5. The van der Waals surface area contributed by atoms with Crippen LogP contribution >= 0.6 is 0 Å². The third kappa shape index (κ3) is 5.37. The van der Waals surface area contributed by atoms with Gasteiger partial charge in [-0.25, -0.2) is 4.79 Å². The van der Waals surface area contributed by atoms with Gasteiger partial charge in [0.15, 0.2) is 6.29 Å². The lowest BCUT2D eigenvalue weighted by Crippen LogP contribution is -2.49. The number of carbonyl (C=O) groups excluding carboxylic acids is 2. The molecule has 1 atom stereocenters. The van der Waals surface area contributed by atoms with Gasteiger partial charge in [-0.1, -0.05) is 6.07 Å². The zero-order valence-electron chi connectivity index (χ0n) is 15.5. The zero-order chi connectivity index (χ0) is 18.4. The summed E-state index contributed by atoms with van der Waals surface area (Å²) in [5, 5.41) is 2.93. The number of para-hydroxylation sites is 1. The smallest absolute Gasteiger partial charge is 0.407 e. The minimum Gasteiger partial charge on any atom is -0.492 e. The predicted octanol–water partition coefficient (Wildman–Crippen LogP) is 3.39. The average Bonchev–Trinajstić information content (AvgIpc) is 2.53. The molecule has 1 fully saturated rings. The molecule has 0 saturated carbocycles. The first kappa shape index (κ1) is 19.1. The van der Waals surface area contributed by atoms with Crippen molar-refractivity contribution in [1.82, 2.24) is 5.32 Å². The van der Waals surface area contributed by atoms with Gasteiger partial charge in [0.1, 0.15) is 11.4 Å². The molecule has 1 unspecified atom stereocenters. The number of ether oxygens (including phenoxy) is 2. The first-order valence-corrected chi connectivity index (χ1v) is 8.79. The number of carbonyl (C=O) groups is 2. The highest BCUT2D eigenvalue weighted by molar-refractivity contribution is 5.87. The van der Waals surface area contributed by atoms with Gasteiger partial charge in [-0.05, 0) is 52.7 Å². The molecule has 1 aliphatic heterocycles. The molecule has 0 radical (unpaired) electrons. The van der Waals surface area contributed by atoms with Crippen LogP contribution in [0, 0.1) is 0 Å². The number of rotatable bonds is 5. The lowest BCUT2D eigenvalue weighted by Gasteiger charge is -2.36. The number of amides is 1. The second-order valence-corrected chi connectivity index (χ2v) is 7.18. The maximum Gasteiger partial charge on any atom is 0.407 e. The highest BCUT2D eigenvalue weighted by Crippen LogP contribution is 2.33. The molecule has 1 aliphatic rings. The Bertz CT molecular complexity index is 610. The molecule has 0 aromatic heterocycles. The van der Waals surface area contributed by atoms with Crippen LogP contribution in [0.4, 0.5) is 10.5 Å². The second-order valence-electron chi connectivity index (χ2n) is 7.18. The Morgan fingerprint density at radius 2 is 2.16 bits per heavy atom. The molecule has 1 heterocycles. The van der Waals surface area contributed by atoms with Gasteiger partial charge in [0.25, 0.3) is 0 Å². The topological polar surface area (TPSA) is 67.9 Å². The molecule has 1 saturated heterocycles. The fraction of sp³-hybridized carbons (Fsp3) is 0.579. The van der Waals surface area contributed by atoms with E-state index in [9.17, 15) is 9.59 Å². The Hall–Kier alpha value is -2.24. The molecular weight excluding hydrogens is 320 g/mol. The summed E-state index contributed by atoms with van der Waals surface area (Å²) in [6, 6.07) is 5.45. The maximum atomic E-state index is 12.0. The molecule has 1 aromatic rings. The molecule has 1 amide bonds. The highest BCUT2D eigenvalue weighted by Gasteiger charge is 2.27. The van der Waals surface area contributed by atoms with Crippen LogP contribution in [0.25, 0.3) is 0 Å². The summed E-state index contributed by atoms with van der Waals surface area (Å²) in [4.78, 5) is 25.6. The summed E-state index contributed by atoms with van der Waals surface area (Å²) in [6.07, 6.45) is 2.23. The van der Waals surface area contributed by atoms with Gasteiger partial charge < -0.3 is 19.7 Å². The lowest BCUT2D eigenvalue weighted by atomic mass is 10.0. The quantitative estimate of drug-likeness (QED) is 0.826. The van der Waals surface area contributed by atoms with E-state index >= 15 is 0 Å². The summed E-state index contributed by atoms with van der Waals surface area (Å²) in [5.74, 6) is 0.699. The van der Waals surface area contributed by atoms with Crippen molar-refractivity contribution in [3.05, 3.63) is 23.8 Å². The number of alkyl carbamates (subject to hydrolysis) is 1. The van der Waals surface area contributed by atoms with Crippen LogP contribution in [-0.2, 0) is 4.74 Å². The van der Waals surface area contributed by atoms with Crippen molar-refractivity contribution in [2.45, 2.75) is 52.2 Å². The standard InChI is InChI=1S/C19H28N2O4/c1-5-24-16-10-6-8-14(13-22)17(16)21-11-7-9-15(12-21)20-18(23)25-19(2,3)4/h6,8,10,13,15H,5,7,9,11-12H2,1-4H3,(H,20,23). The van der Waals surface area contributed by atoms with Crippen molar-refractivity contribution in [1.29, 1.82) is 0 Å². The van der Waals surface area contributed by atoms with E-state index < -0.39 is 11.7 Å². The number of nitrogens with zero attached hydrogens (tertiary/aromatic N) is 1. The van der Waals surface area contributed by atoms with E-state index in [2.05, 4.69) is 10.2 Å². The Labute approximate surface area is 149 Å². The van der Waals surface area contributed by atoms with Crippen LogP contribution in [0.15, 0.2) is 18.2 Å². The normalized spacial score (nSPS) is 17.8. The molecule has 6 heteroatoms. The fourth-order valence-electron chi connectivity index (χ4n) is 3.02. The van der Waals surface area contributed by atoms with Gasteiger partial charge in [0.05, 0.1) is 12.3 Å². The summed E-state index contributed by atoms with van der Waals surface area (Å²) in [7, 11) is 0. The third-order valence-corrected chi connectivity index (χ3v) is 3.92.